The Morgan fingerprint density at radius 1 is 1.46 bits per heavy atom. The second kappa shape index (κ2) is 6.92. The molecule has 7 nitrogen and oxygen atoms in total. The van der Waals surface area contributed by atoms with Gasteiger partial charge in [0.2, 0.25) is 5.82 Å². The van der Waals surface area contributed by atoms with Gasteiger partial charge in [-0.1, -0.05) is 48.9 Å². The number of ether oxygens (including phenoxy) is 1. The molecule has 8 heteroatoms. The zero-order valence-corrected chi connectivity index (χ0v) is 15.1. The smallest absolute Gasteiger partial charge is 0.332 e. The van der Waals surface area contributed by atoms with Gasteiger partial charge in [-0.05, 0) is 30.9 Å². The molecule has 2 atom stereocenters. The monoisotopic (exact) mass is 375 g/mol. The van der Waals surface area contributed by atoms with Gasteiger partial charge in [-0.3, -0.25) is 10.1 Å². The number of halogens is 1. The van der Waals surface area contributed by atoms with Crippen molar-refractivity contribution in [1.82, 2.24) is 4.98 Å². The number of hydrogen-bond donors (Lipinski definition) is 1. The van der Waals surface area contributed by atoms with E-state index in [2.05, 4.69) is 10.3 Å². The SMILES string of the molecule is Cc1cc(Cl)nc(N[C@@]2(C(=O)OCc3ccccc3)C[C@@H]2C)c1[N+](=O)[O-]. The van der Waals surface area contributed by atoms with Crippen molar-refractivity contribution in [2.45, 2.75) is 32.4 Å². The predicted molar refractivity (Wildman–Crippen MR) is 97.0 cm³/mol. The average Bonchev–Trinajstić information content (AvgIpc) is 3.23. The maximum Gasteiger partial charge on any atom is 0.332 e. The highest BCUT2D eigenvalue weighted by Gasteiger charge is 2.60. The van der Waals surface area contributed by atoms with Crippen molar-refractivity contribution in [3.63, 3.8) is 0 Å². The van der Waals surface area contributed by atoms with E-state index in [9.17, 15) is 14.9 Å². The van der Waals surface area contributed by atoms with Gasteiger partial charge in [0.25, 0.3) is 0 Å². The third kappa shape index (κ3) is 3.48. The van der Waals surface area contributed by atoms with Crippen LogP contribution in [0, 0.1) is 23.0 Å². The summed E-state index contributed by atoms with van der Waals surface area (Å²) in [6.45, 7) is 3.59. The fraction of sp³-hybridized carbons (Fsp3) is 0.333. The third-order valence-electron chi connectivity index (χ3n) is 4.56. The van der Waals surface area contributed by atoms with E-state index in [-0.39, 0.29) is 29.2 Å². The van der Waals surface area contributed by atoms with Crippen LogP contribution >= 0.6 is 11.6 Å². The minimum Gasteiger partial charge on any atom is -0.459 e. The van der Waals surface area contributed by atoms with E-state index in [0.717, 1.165) is 5.56 Å². The standard InChI is InChI=1S/C18H18ClN3O4/c1-11-8-14(19)20-16(15(11)22(24)25)21-18(9-12(18)2)17(23)26-10-13-6-4-3-5-7-13/h3-8,12H,9-10H2,1-2H3,(H,20,21)/t12-,18-/m0/s1. The Bertz CT molecular complexity index is 859. The largest absolute Gasteiger partial charge is 0.459 e. The van der Waals surface area contributed by atoms with Crippen molar-refractivity contribution < 1.29 is 14.5 Å². The molecule has 0 radical (unpaired) electrons. The van der Waals surface area contributed by atoms with Gasteiger partial charge in [-0.2, -0.15) is 0 Å². The van der Waals surface area contributed by atoms with Gasteiger partial charge in [0.1, 0.15) is 17.3 Å². The van der Waals surface area contributed by atoms with Gasteiger partial charge in [0.05, 0.1) is 4.92 Å². The minimum absolute atomic E-state index is 0.0130. The molecule has 1 saturated carbocycles. The zero-order valence-electron chi connectivity index (χ0n) is 14.4. The second-order valence-electron chi connectivity index (χ2n) is 6.48. The molecular weight excluding hydrogens is 358 g/mol. The molecule has 1 fully saturated rings. The van der Waals surface area contributed by atoms with E-state index in [1.807, 2.05) is 37.3 Å². The number of pyridine rings is 1. The summed E-state index contributed by atoms with van der Waals surface area (Å²) >= 11 is 5.94. The van der Waals surface area contributed by atoms with Crippen molar-refractivity contribution in [2.24, 2.45) is 5.92 Å². The van der Waals surface area contributed by atoms with E-state index in [1.165, 1.54) is 6.07 Å². The van der Waals surface area contributed by atoms with E-state index in [0.29, 0.717) is 12.0 Å². The molecule has 2 aromatic rings. The Morgan fingerprint density at radius 3 is 2.69 bits per heavy atom. The Kier molecular flexibility index (Phi) is 4.82. The number of anilines is 1. The summed E-state index contributed by atoms with van der Waals surface area (Å²) < 4.78 is 5.43. The van der Waals surface area contributed by atoms with Crippen LogP contribution in [0.5, 0.6) is 0 Å². The number of carbonyl (C=O) groups excluding carboxylic acids is 1. The van der Waals surface area contributed by atoms with Gasteiger partial charge in [-0.25, -0.2) is 9.78 Å². The molecule has 0 spiro atoms. The first-order chi connectivity index (χ1) is 12.3. The summed E-state index contributed by atoms with van der Waals surface area (Å²) in [5.41, 5.74) is 0.0262. The second-order valence-corrected chi connectivity index (χ2v) is 6.87. The first kappa shape index (κ1) is 18.1. The van der Waals surface area contributed by atoms with Crippen LogP contribution in [0.25, 0.3) is 0 Å². The van der Waals surface area contributed by atoms with Crippen LogP contribution < -0.4 is 5.32 Å². The van der Waals surface area contributed by atoms with Crippen molar-refractivity contribution >= 4 is 29.1 Å². The Hall–Kier alpha value is -2.67. The summed E-state index contributed by atoms with van der Waals surface area (Å²) in [6.07, 6.45) is 0.505. The van der Waals surface area contributed by atoms with Crippen LogP contribution in [0.1, 0.15) is 24.5 Å². The number of nitrogens with zero attached hydrogens (tertiary/aromatic N) is 2. The van der Waals surface area contributed by atoms with E-state index < -0.39 is 16.4 Å². The summed E-state index contributed by atoms with van der Waals surface area (Å²) in [4.78, 5) is 27.5. The van der Waals surface area contributed by atoms with Crippen molar-refractivity contribution in [2.75, 3.05) is 5.32 Å². The van der Waals surface area contributed by atoms with Crippen LogP contribution in [0.4, 0.5) is 11.5 Å². The van der Waals surface area contributed by atoms with Crippen molar-refractivity contribution in [1.29, 1.82) is 0 Å². The molecule has 0 amide bonds. The van der Waals surface area contributed by atoms with Crippen molar-refractivity contribution in [3.05, 3.63) is 62.8 Å². The van der Waals surface area contributed by atoms with Gasteiger partial charge >= 0.3 is 11.7 Å². The molecule has 0 unspecified atom stereocenters. The molecule has 0 saturated heterocycles. The van der Waals surface area contributed by atoms with Crippen LogP contribution in [-0.2, 0) is 16.1 Å². The van der Waals surface area contributed by atoms with E-state index in [4.69, 9.17) is 16.3 Å². The summed E-state index contributed by atoms with van der Waals surface area (Å²) in [6, 6.07) is 10.7. The zero-order chi connectivity index (χ0) is 18.9. The first-order valence-electron chi connectivity index (χ1n) is 8.14. The maximum absolute atomic E-state index is 12.7. The highest BCUT2D eigenvalue weighted by molar-refractivity contribution is 6.29. The molecule has 3 rings (SSSR count). The van der Waals surface area contributed by atoms with E-state index in [1.54, 1.807) is 6.92 Å². The fourth-order valence-corrected chi connectivity index (χ4v) is 3.19. The highest BCUT2D eigenvalue weighted by Crippen LogP contribution is 2.48. The van der Waals surface area contributed by atoms with Crippen LogP contribution in [0.15, 0.2) is 36.4 Å². The number of esters is 1. The lowest BCUT2D eigenvalue weighted by Gasteiger charge is -2.19. The molecule has 1 heterocycles. The summed E-state index contributed by atoms with van der Waals surface area (Å²) in [7, 11) is 0. The molecule has 0 aliphatic heterocycles. The lowest BCUT2D eigenvalue weighted by Crippen LogP contribution is -2.36. The van der Waals surface area contributed by atoms with Gasteiger partial charge in [-0.15, -0.1) is 0 Å². The topological polar surface area (TPSA) is 94.4 Å². The van der Waals surface area contributed by atoms with E-state index >= 15 is 0 Å². The number of nitro groups is 1. The average molecular weight is 376 g/mol. The molecule has 26 heavy (non-hydrogen) atoms. The molecular formula is C18H18ClN3O4. The van der Waals surface area contributed by atoms with Crippen LogP contribution in [0.3, 0.4) is 0 Å². The van der Waals surface area contributed by atoms with Crippen molar-refractivity contribution in [3.8, 4) is 0 Å². The number of nitrogens with one attached hydrogen (secondary N) is 1. The predicted octanol–water partition coefficient (Wildman–Crippen LogP) is 3.89. The minimum atomic E-state index is -1.02. The Morgan fingerprint density at radius 2 is 2.12 bits per heavy atom. The maximum atomic E-state index is 12.7. The fourth-order valence-electron chi connectivity index (χ4n) is 2.94. The number of aromatic nitrogens is 1. The third-order valence-corrected chi connectivity index (χ3v) is 4.76. The molecule has 0 bridgehead atoms. The summed E-state index contributed by atoms with van der Waals surface area (Å²) in [5, 5.41) is 14.4. The summed E-state index contributed by atoms with van der Waals surface area (Å²) in [5.74, 6) is -0.505. The van der Waals surface area contributed by atoms with Gasteiger partial charge in [0.15, 0.2) is 0 Å². The number of benzene rings is 1. The van der Waals surface area contributed by atoms with Crippen LogP contribution in [0.2, 0.25) is 5.15 Å². The van der Waals surface area contributed by atoms with Crippen LogP contribution in [-0.4, -0.2) is 21.4 Å². The van der Waals surface area contributed by atoms with Gasteiger partial charge < -0.3 is 10.1 Å². The molecule has 1 aromatic heterocycles. The molecule has 1 N–H and O–H groups in total. The number of rotatable bonds is 6. The molecule has 136 valence electrons. The molecule has 1 aromatic carbocycles. The normalized spacial score (nSPS) is 21.1. The molecule has 1 aliphatic carbocycles. The quantitative estimate of drug-likeness (QED) is 0.356. The Balaban J connectivity index is 1.81. The lowest BCUT2D eigenvalue weighted by molar-refractivity contribution is -0.384. The molecule has 1 aliphatic rings. The number of carbonyl (C=O) groups is 1. The first-order valence-corrected chi connectivity index (χ1v) is 8.52. The van der Waals surface area contributed by atoms with Gasteiger partial charge in [0, 0.05) is 5.56 Å². The lowest BCUT2D eigenvalue weighted by atomic mass is 10.2. The Labute approximate surface area is 155 Å². The highest BCUT2D eigenvalue weighted by atomic mass is 35.5. The number of hydrogen-bond acceptors (Lipinski definition) is 6. The number of aryl methyl sites for hydroxylation is 1.